The van der Waals surface area contributed by atoms with Crippen LogP contribution in [0.1, 0.15) is 23.6 Å². The number of nitrogens with one attached hydrogen (secondary N) is 2. The monoisotopic (exact) mass is 570 g/mol. The van der Waals surface area contributed by atoms with E-state index in [9.17, 15) is 31.2 Å². The molecule has 0 saturated heterocycles. The largest absolute Gasteiger partial charge is 0.490 e. The molecule has 1 unspecified atom stereocenters. The number of nitrogens with two attached hydrogens (primary N) is 3. The van der Waals surface area contributed by atoms with E-state index >= 15 is 0 Å². The molecule has 0 bridgehead atoms. The van der Waals surface area contributed by atoms with Crippen molar-refractivity contribution in [2.24, 2.45) is 22.4 Å². The summed E-state index contributed by atoms with van der Waals surface area (Å²) in [6.45, 7) is 1.46. The molecular formula is C19H22ClF3N6O7S. The number of carboxylic acid groups (broad SMARTS) is 1. The van der Waals surface area contributed by atoms with Gasteiger partial charge in [0.15, 0.2) is 0 Å². The third kappa shape index (κ3) is 9.53. The van der Waals surface area contributed by atoms with E-state index in [4.69, 9.17) is 43.5 Å². The lowest BCUT2D eigenvalue weighted by atomic mass is 9.94. The van der Waals surface area contributed by atoms with Gasteiger partial charge in [-0.1, -0.05) is 23.7 Å². The Morgan fingerprint density at radius 1 is 1.24 bits per heavy atom. The highest BCUT2D eigenvalue weighted by Gasteiger charge is 2.38. The highest BCUT2D eigenvalue weighted by atomic mass is 35.5. The van der Waals surface area contributed by atoms with Gasteiger partial charge in [-0.25, -0.2) is 13.2 Å². The van der Waals surface area contributed by atoms with Crippen LogP contribution in [0, 0.1) is 6.92 Å². The van der Waals surface area contributed by atoms with Crippen molar-refractivity contribution in [1.29, 1.82) is 0 Å². The fourth-order valence-corrected chi connectivity index (χ4v) is 4.30. The Labute approximate surface area is 212 Å². The maximum atomic E-state index is 12.8. The Bertz CT molecular complexity index is 1330. The number of rotatable bonds is 9. The van der Waals surface area contributed by atoms with E-state index in [1.165, 1.54) is 24.3 Å². The minimum atomic E-state index is -5.08. The van der Waals surface area contributed by atoms with Gasteiger partial charge in [-0.2, -0.15) is 13.2 Å². The molecule has 0 radical (unpaired) electrons. The number of oxime groups is 1. The van der Waals surface area contributed by atoms with E-state index in [1.807, 2.05) is 0 Å². The predicted octanol–water partition coefficient (Wildman–Crippen LogP) is 0.935. The third-order valence-electron chi connectivity index (χ3n) is 4.19. The fourth-order valence-electron chi connectivity index (χ4n) is 2.69. The Morgan fingerprint density at radius 3 is 2.30 bits per heavy atom. The first-order valence-corrected chi connectivity index (χ1v) is 11.6. The third-order valence-corrected chi connectivity index (χ3v) is 6.04. The highest BCUT2D eigenvalue weighted by Crippen LogP contribution is 2.29. The summed E-state index contributed by atoms with van der Waals surface area (Å²) in [4.78, 5) is 40.6. The van der Waals surface area contributed by atoms with Gasteiger partial charge >= 0.3 is 12.1 Å². The molecule has 13 nitrogen and oxygen atoms in total. The van der Waals surface area contributed by atoms with Gasteiger partial charge in [0.2, 0.25) is 11.9 Å². The molecule has 1 aromatic carbocycles. The molecule has 0 aliphatic heterocycles. The summed E-state index contributed by atoms with van der Waals surface area (Å²) < 4.78 is 59.6. The average molecular weight is 571 g/mol. The molecule has 0 spiro atoms. The first-order valence-electron chi connectivity index (χ1n) is 9.78. The number of halogens is 4. The highest BCUT2D eigenvalue weighted by molar-refractivity contribution is 7.92. The number of primary amides is 1. The number of carbonyl (C=O) groups is 2. The minimum absolute atomic E-state index is 0.0180. The number of carbonyl (C=O) groups excluding carboxylic acids is 1. The van der Waals surface area contributed by atoms with Crippen molar-refractivity contribution in [2.45, 2.75) is 30.3 Å². The molecule has 1 aromatic heterocycles. The van der Waals surface area contributed by atoms with E-state index in [-0.39, 0.29) is 40.2 Å². The molecule has 9 N–H and O–H groups in total. The first kappa shape index (κ1) is 31.0. The molecule has 37 heavy (non-hydrogen) atoms. The summed E-state index contributed by atoms with van der Waals surface area (Å²) in [5, 5.41) is 10.4. The fraction of sp³-hybridized carbons (Fsp3) is 0.263. The summed E-state index contributed by atoms with van der Waals surface area (Å²) >= 11 is 5.97. The second-order valence-electron chi connectivity index (χ2n) is 7.04. The quantitative estimate of drug-likeness (QED) is 0.109. The molecule has 0 saturated carbocycles. The Hall–Kier alpha value is -3.99. The van der Waals surface area contributed by atoms with Crippen LogP contribution in [-0.4, -0.2) is 49.1 Å². The summed E-state index contributed by atoms with van der Waals surface area (Å²) in [5.41, 5.74) is 15.2. The van der Waals surface area contributed by atoms with E-state index in [0.717, 1.165) is 0 Å². The van der Waals surface area contributed by atoms with Crippen molar-refractivity contribution >= 4 is 45.1 Å². The average Bonchev–Trinajstić information content (AvgIpc) is 2.75. The number of anilines is 1. The number of hydrogen-bond acceptors (Lipinski definition) is 7. The topological polar surface area (TPSA) is 233 Å². The molecule has 1 heterocycles. The van der Waals surface area contributed by atoms with Crippen molar-refractivity contribution in [3.8, 4) is 0 Å². The van der Waals surface area contributed by atoms with E-state index < -0.39 is 39.6 Å². The molecule has 0 fully saturated rings. The molecule has 0 aliphatic carbocycles. The van der Waals surface area contributed by atoms with Crippen LogP contribution < -0.4 is 27.5 Å². The Kier molecular flexibility index (Phi) is 10.8. The minimum Gasteiger partial charge on any atom is -0.475 e. The van der Waals surface area contributed by atoms with Crippen LogP contribution in [0.3, 0.4) is 0 Å². The number of aromatic amines is 1. The summed E-state index contributed by atoms with van der Waals surface area (Å²) in [6.07, 6.45) is -5.10. The van der Waals surface area contributed by atoms with Crippen LogP contribution in [-0.2, 0) is 24.4 Å². The van der Waals surface area contributed by atoms with Crippen molar-refractivity contribution in [3.63, 3.8) is 0 Å². The lowest BCUT2D eigenvalue weighted by molar-refractivity contribution is -0.192. The number of hydrogen-bond donors (Lipinski definition) is 6. The number of alkyl halides is 3. The zero-order chi connectivity index (χ0) is 28.6. The second kappa shape index (κ2) is 12.8. The Balaban J connectivity index is 0.000000856. The summed E-state index contributed by atoms with van der Waals surface area (Å²) in [7, 11) is -4.24. The van der Waals surface area contributed by atoms with Gasteiger partial charge in [-0.05, 0) is 42.3 Å². The van der Waals surface area contributed by atoms with E-state index in [2.05, 4.69) is 14.9 Å². The van der Waals surface area contributed by atoms with Gasteiger partial charge < -0.3 is 32.1 Å². The predicted molar refractivity (Wildman–Crippen MR) is 126 cm³/mol. The van der Waals surface area contributed by atoms with Crippen molar-refractivity contribution in [2.75, 3.05) is 11.3 Å². The molecule has 204 valence electrons. The van der Waals surface area contributed by atoms with Gasteiger partial charge in [0.1, 0.15) is 17.2 Å². The van der Waals surface area contributed by atoms with Gasteiger partial charge in [0.25, 0.3) is 15.6 Å². The first-order chi connectivity index (χ1) is 17.0. The molecule has 1 atom stereocenters. The molecule has 2 rings (SSSR count). The van der Waals surface area contributed by atoms with Gasteiger partial charge in [0, 0.05) is 5.69 Å². The summed E-state index contributed by atoms with van der Waals surface area (Å²) in [5.74, 6) is -4.94. The van der Waals surface area contributed by atoms with E-state index in [0.29, 0.717) is 5.69 Å². The Morgan fingerprint density at radius 2 is 1.81 bits per heavy atom. The zero-order valence-electron chi connectivity index (χ0n) is 18.9. The van der Waals surface area contributed by atoms with Crippen LogP contribution in [0.15, 0.2) is 45.2 Å². The number of guanidine groups is 1. The maximum Gasteiger partial charge on any atom is 0.490 e. The van der Waals surface area contributed by atoms with Crippen molar-refractivity contribution in [3.05, 3.63) is 57.0 Å². The number of pyridine rings is 1. The number of aromatic nitrogens is 1. The van der Waals surface area contributed by atoms with Gasteiger partial charge in [-0.3, -0.25) is 14.3 Å². The number of aliphatic carboxylic acids is 1. The number of aryl methyl sites for hydroxylation is 1. The number of sulfonamides is 1. The van der Waals surface area contributed by atoms with Gasteiger partial charge in [0.05, 0.1) is 10.9 Å². The molecule has 18 heteroatoms. The SMILES string of the molecule is Cc1cc(C(CCON=C(N)N)C(N)=O)c(NS(=O)(=O)c2ccccc2Cl)c(=O)[nH]1.O=C(O)C(F)(F)F. The van der Waals surface area contributed by atoms with Crippen LogP contribution in [0.5, 0.6) is 0 Å². The van der Waals surface area contributed by atoms with E-state index in [1.54, 1.807) is 13.0 Å². The lowest BCUT2D eigenvalue weighted by Gasteiger charge is -2.18. The molecule has 0 aliphatic rings. The smallest absolute Gasteiger partial charge is 0.475 e. The van der Waals surface area contributed by atoms with Crippen molar-refractivity contribution < 1.29 is 41.1 Å². The number of benzene rings is 1. The molecular weight excluding hydrogens is 549 g/mol. The zero-order valence-corrected chi connectivity index (χ0v) is 20.4. The maximum absolute atomic E-state index is 12.8. The van der Waals surface area contributed by atoms with Crippen molar-refractivity contribution in [1.82, 2.24) is 4.98 Å². The summed E-state index contributed by atoms with van der Waals surface area (Å²) in [6, 6.07) is 7.16. The van der Waals surface area contributed by atoms with Crippen LogP contribution >= 0.6 is 11.6 Å². The number of carboxylic acids is 1. The van der Waals surface area contributed by atoms with Gasteiger partial charge in [-0.15, -0.1) is 0 Å². The van der Waals surface area contributed by atoms with Crippen LogP contribution in [0.25, 0.3) is 0 Å². The number of amides is 1. The standard InChI is InChI=1S/C17H21ClN6O5S.C2HF3O2/c1-9-8-11(10(15(19)25)6-7-29-23-17(20)21)14(16(26)22-9)24-30(27,28)13-5-3-2-4-12(13)18;3-2(4,5)1(6)7/h2-5,8,10,24H,6-7H2,1H3,(H2,19,25)(H,22,26)(H4,20,21,23);(H,6,7). The second-order valence-corrected chi connectivity index (χ2v) is 9.10. The van der Waals surface area contributed by atoms with Crippen LogP contribution in [0.4, 0.5) is 18.9 Å². The number of H-pyrrole nitrogens is 1. The van der Waals surface area contributed by atoms with Crippen LogP contribution in [0.2, 0.25) is 5.02 Å². The molecule has 2 aromatic rings. The lowest BCUT2D eigenvalue weighted by Crippen LogP contribution is -2.29. The molecule has 1 amide bonds. The number of nitrogens with zero attached hydrogens (tertiary/aromatic N) is 1. The normalized spacial score (nSPS) is 11.9.